The van der Waals surface area contributed by atoms with Crippen LogP contribution >= 0.6 is 27.3 Å². The quantitative estimate of drug-likeness (QED) is 0.853. The van der Waals surface area contributed by atoms with Gasteiger partial charge < -0.3 is 5.32 Å². The van der Waals surface area contributed by atoms with Crippen LogP contribution in [0.25, 0.3) is 0 Å². The molecular weight excluding hydrogens is 290 g/mol. The molecule has 1 heterocycles. The molecule has 16 heavy (non-hydrogen) atoms. The maximum atomic E-state index is 11.8. The number of fused-ring (bicyclic) bond motifs is 1. The molecule has 1 unspecified atom stereocenters. The first-order valence-electron chi connectivity index (χ1n) is 5.03. The summed E-state index contributed by atoms with van der Waals surface area (Å²) in [5, 5.41) is 3.14. The van der Waals surface area contributed by atoms with E-state index in [-0.39, 0.29) is 23.1 Å². The summed E-state index contributed by atoms with van der Waals surface area (Å²) in [4.78, 5) is 25.4. The van der Waals surface area contributed by atoms with E-state index in [1.54, 1.807) is 11.3 Å². The zero-order valence-corrected chi connectivity index (χ0v) is 11.5. The number of nitrogens with one attached hydrogen (secondary N) is 1. The lowest BCUT2D eigenvalue weighted by Gasteiger charge is -2.11. The number of rotatable bonds is 2. The Hall–Kier alpha value is -0.680. The van der Waals surface area contributed by atoms with Gasteiger partial charge in [0.05, 0.1) is 11.4 Å². The summed E-state index contributed by atoms with van der Waals surface area (Å²) in [5.74, 6) is 0.0747. The van der Waals surface area contributed by atoms with E-state index in [0.717, 1.165) is 20.9 Å². The summed E-state index contributed by atoms with van der Waals surface area (Å²) >= 11 is 4.74. The van der Waals surface area contributed by atoms with Gasteiger partial charge in [0.1, 0.15) is 0 Å². The molecule has 1 atom stereocenters. The number of hydrogen-bond acceptors (Lipinski definition) is 3. The van der Waals surface area contributed by atoms with Crippen LogP contribution in [0, 0.1) is 13.8 Å². The number of alkyl halides is 1. The van der Waals surface area contributed by atoms with Gasteiger partial charge in [-0.2, -0.15) is 0 Å². The first kappa shape index (κ1) is 11.8. The van der Waals surface area contributed by atoms with Crippen LogP contribution in [-0.4, -0.2) is 17.0 Å². The van der Waals surface area contributed by atoms with Crippen LogP contribution in [0.2, 0.25) is 0 Å². The molecule has 1 N–H and O–H groups in total. The number of Topliss-reactive ketones (excluding diaryl/α,β-unsaturated/α-hetero) is 1. The highest BCUT2D eigenvalue weighted by atomic mass is 79.9. The average molecular weight is 302 g/mol. The fraction of sp³-hybridized carbons (Fsp3) is 0.455. The third-order valence-corrected chi connectivity index (χ3v) is 4.33. The van der Waals surface area contributed by atoms with Crippen molar-refractivity contribution in [2.45, 2.75) is 26.3 Å². The maximum absolute atomic E-state index is 11.8. The summed E-state index contributed by atoms with van der Waals surface area (Å²) in [6.45, 7) is 3.96. The smallest absolute Gasteiger partial charge is 0.231 e. The average Bonchev–Trinajstić information content (AvgIpc) is 2.69. The molecule has 0 aromatic carbocycles. The topological polar surface area (TPSA) is 46.2 Å². The molecule has 86 valence electrons. The summed E-state index contributed by atoms with van der Waals surface area (Å²) in [6, 6.07) is -0.127. The SMILES string of the molecule is Cc1sc(C)c2c1C(=O)CC2NC(=O)CBr. The summed E-state index contributed by atoms with van der Waals surface area (Å²) in [5.41, 5.74) is 1.86. The van der Waals surface area contributed by atoms with E-state index < -0.39 is 0 Å². The number of carbonyl (C=O) groups excluding carboxylic acids is 2. The zero-order valence-electron chi connectivity index (χ0n) is 9.09. The van der Waals surface area contributed by atoms with Crippen LogP contribution in [0.5, 0.6) is 0 Å². The Kier molecular flexibility index (Phi) is 3.17. The Morgan fingerprint density at radius 2 is 2.19 bits per heavy atom. The zero-order chi connectivity index (χ0) is 11.9. The maximum Gasteiger partial charge on any atom is 0.231 e. The summed E-state index contributed by atoms with van der Waals surface area (Å²) in [7, 11) is 0. The van der Waals surface area contributed by atoms with E-state index >= 15 is 0 Å². The third-order valence-electron chi connectivity index (χ3n) is 2.78. The lowest BCUT2D eigenvalue weighted by atomic mass is 10.1. The van der Waals surface area contributed by atoms with Crippen LogP contribution in [0.4, 0.5) is 0 Å². The van der Waals surface area contributed by atoms with Gasteiger partial charge in [0, 0.05) is 21.7 Å². The molecule has 0 aliphatic heterocycles. The second-order valence-corrected chi connectivity index (χ2v) is 5.87. The minimum Gasteiger partial charge on any atom is -0.348 e. The normalized spacial score (nSPS) is 18.7. The van der Waals surface area contributed by atoms with Gasteiger partial charge in [0.25, 0.3) is 0 Å². The lowest BCUT2D eigenvalue weighted by molar-refractivity contribution is -0.119. The molecule has 0 saturated carbocycles. The van der Waals surface area contributed by atoms with Crippen LogP contribution in [0.3, 0.4) is 0 Å². The molecule has 0 spiro atoms. The van der Waals surface area contributed by atoms with Crippen molar-refractivity contribution in [1.29, 1.82) is 0 Å². The molecular formula is C11H12BrNO2S. The molecule has 2 rings (SSSR count). The van der Waals surface area contributed by atoms with Crippen LogP contribution in [-0.2, 0) is 4.79 Å². The highest BCUT2D eigenvalue weighted by molar-refractivity contribution is 9.09. The van der Waals surface area contributed by atoms with Crippen molar-refractivity contribution in [3.05, 3.63) is 20.9 Å². The minimum atomic E-state index is -0.127. The molecule has 0 fully saturated rings. The highest BCUT2D eigenvalue weighted by Gasteiger charge is 2.34. The first-order chi connectivity index (χ1) is 7.54. The Balaban J connectivity index is 2.35. The fourth-order valence-electron chi connectivity index (χ4n) is 2.21. The Bertz CT molecular complexity index is 467. The first-order valence-corrected chi connectivity index (χ1v) is 6.96. The van der Waals surface area contributed by atoms with Gasteiger partial charge in [0.15, 0.2) is 5.78 Å². The van der Waals surface area contributed by atoms with Gasteiger partial charge in [-0.3, -0.25) is 9.59 Å². The predicted molar refractivity (Wildman–Crippen MR) is 67.4 cm³/mol. The van der Waals surface area contributed by atoms with E-state index in [1.807, 2.05) is 13.8 Å². The molecule has 1 aliphatic rings. The number of halogens is 1. The number of thiophene rings is 1. The van der Waals surface area contributed by atoms with Crippen molar-refractivity contribution in [3.8, 4) is 0 Å². The molecule has 1 aliphatic carbocycles. The number of aryl methyl sites for hydroxylation is 2. The third kappa shape index (κ3) is 1.82. The predicted octanol–water partition coefficient (Wildman–Crippen LogP) is 2.50. The van der Waals surface area contributed by atoms with E-state index in [1.165, 1.54) is 0 Å². The van der Waals surface area contributed by atoms with Crippen molar-refractivity contribution in [3.63, 3.8) is 0 Å². The minimum absolute atomic E-state index is 0.0751. The number of amides is 1. The number of ketones is 1. The van der Waals surface area contributed by atoms with Crippen molar-refractivity contribution in [2.75, 3.05) is 5.33 Å². The van der Waals surface area contributed by atoms with Gasteiger partial charge >= 0.3 is 0 Å². The second kappa shape index (κ2) is 4.30. The summed E-state index contributed by atoms with van der Waals surface area (Å²) < 4.78 is 0. The van der Waals surface area contributed by atoms with Crippen molar-refractivity contribution in [1.82, 2.24) is 5.32 Å². The monoisotopic (exact) mass is 301 g/mol. The van der Waals surface area contributed by atoms with Gasteiger partial charge in [-0.05, 0) is 19.4 Å². The number of hydrogen-bond donors (Lipinski definition) is 1. The van der Waals surface area contributed by atoms with Crippen LogP contribution in [0.15, 0.2) is 0 Å². The van der Waals surface area contributed by atoms with Gasteiger partial charge in [-0.25, -0.2) is 0 Å². The van der Waals surface area contributed by atoms with Crippen molar-refractivity contribution < 1.29 is 9.59 Å². The Morgan fingerprint density at radius 3 is 2.81 bits per heavy atom. The molecule has 1 aromatic heterocycles. The largest absolute Gasteiger partial charge is 0.348 e. The van der Waals surface area contributed by atoms with E-state index in [0.29, 0.717) is 6.42 Å². The second-order valence-electron chi connectivity index (χ2n) is 3.88. The molecule has 1 aromatic rings. The van der Waals surface area contributed by atoms with E-state index in [4.69, 9.17) is 0 Å². The Labute approximate surface area is 106 Å². The van der Waals surface area contributed by atoms with Crippen molar-refractivity contribution >= 4 is 39.0 Å². The Morgan fingerprint density at radius 1 is 1.50 bits per heavy atom. The van der Waals surface area contributed by atoms with E-state index in [2.05, 4.69) is 21.2 Å². The van der Waals surface area contributed by atoms with Gasteiger partial charge in [-0.1, -0.05) is 15.9 Å². The molecule has 0 saturated heterocycles. The fourth-order valence-corrected chi connectivity index (χ4v) is 3.51. The summed E-state index contributed by atoms with van der Waals surface area (Å²) in [6.07, 6.45) is 0.401. The van der Waals surface area contributed by atoms with Gasteiger partial charge in [0.2, 0.25) is 5.91 Å². The van der Waals surface area contributed by atoms with Crippen molar-refractivity contribution in [2.24, 2.45) is 0 Å². The van der Waals surface area contributed by atoms with Crippen LogP contribution in [0.1, 0.15) is 38.1 Å². The molecule has 0 bridgehead atoms. The number of carbonyl (C=O) groups is 2. The lowest BCUT2D eigenvalue weighted by Crippen LogP contribution is -2.28. The highest BCUT2D eigenvalue weighted by Crippen LogP contribution is 2.40. The van der Waals surface area contributed by atoms with E-state index in [9.17, 15) is 9.59 Å². The molecule has 1 amide bonds. The molecule has 0 radical (unpaired) electrons. The standard InChI is InChI=1S/C11H12BrNO2S/c1-5-10-7(13-9(15)4-12)3-8(14)11(10)6(2)16-5/h7H,3-4H2,1-2H3,(H,13,15). The molecule has 3 nitrogen and oxygen atoms in total. The molecule has 5 heteroatoms. The van der Waals surface area contributed by atoms with Crippen LogP contribution < -0.4 is 5.32 Å². The van der Waals surface area contributed by atoms with Gasteiger partial charge in [-0.15, -0.1) is 11.3 Å².